The van der Waals surface area contributed by atoms with Crippen LogP contribution in [0.5, 0.6) is 0 Å². The molecule has 1 heterocycles. The summed E-state index contributed by atoms with van der Waals surface area (Å²) in [4.78, 5) is 14.3. The van der Waals surface area contributed by atoms with Crippen molar-refractivity contribution in [3.8, 4) is 0 Å². The molecule has 0 aliphatic carbocycles. The molecule has 43 heavy (non-hydrogen) atoms. The number of aliphatic hydroxyl groups is 1. The summed E-state index contributed by atoms with van der Waals surface area (Å²) in [6.45, 7) is 26.9. The third kappa shape index (κ3) is 15.1. The minimum absolute atomic E-state index is 0.212. The Hall–Kier alpha value is -3.36. The quantitative estimate of drug-likeness (QED) is 0.114. The highest BCUT2D eigenvalue weighted by atomic mass is 19.1. The Bertz CT molecular complexity index is 1080. The number of allylic oxidation sites excluding steroid dienone is 7. The summed E-state index contributed by atoms with van der Waals surface area (Å²) in [5, 5.41) is 20.4. The number of amides is 1. The smallest absolute Gasteiger partial charge is 0.223 e. The number of nitrogens with one attached hydrogen (secondary N) is 3. The maximum atomic E-state index is 13.0. The lowest BCUT2D eigenvalue weighted by atomic mass is 9.98. The standard InChI is InChI=1S/C29H41FN4O2.C4H11N.C2H6/c1-7-23(20(2)11-12-21(3)30)18-26(22(4)31)33-28(36)24-13-15-25(16-14-24)32-19-29(5,6)34-17-9-8-10-27(34)35;1-3-5-4-2;1-2/h11-16,18,28,32-33,36H,2-3,7-10,17,19,31H2,1,4-6H3;5H,3-4H2,1-2H3;1-2H3/b12-11-,23-18+,26-22-;;. The number of carbonyl (C=O) groups is 1. The number of carbonyl (C=O) groups excluding carboxylic acids is 1. The van der Waals surface area contributed by atoms with Gasteiger partial charge in [-0.15, -0.1) is 0 Å². The Morgan fingerprint density at radius 3 is 2.19 bits per heavy atom. The number of aliphatic hydroxyl groups excluding tert-OH is 1. The maximum Gasteiger partial charge on any atom is 0.223 e. The minimum Gasteiger partial charge on any atom is -0.401 e. The maximum absolute atomic E-state index is 13.0. The highest BCUT2D eigenvalue weighted by Gasteiger charge is 2.32. The number of nitrogens with two attached hydrogens (primary N) is 1. The normalized spacial score (nSPS) is 15.0. The summed E-state index contributed by atoms with van der Waals surface area (Å²) in [5.41, 5.74) is 9.88. The van der Waals surface area contributed by atoms with E-state index in [1.807, 2.05) is 56.0 Å². The topological polar surface area (TPSA) is 103 Å². The van der Waals surface area contributed by atoms with Gasteiger partial charge in [-0.3, -0.25) is 4.79 Å². The average molecular weight is 600 g/mol. The summed E-state index contributed by atoms with van der Waals surface area (Å²) in [6.07, 6.45) is 6.92. The number of halogens is 1. The number of hydrogen-bond acceptors (Lipinski definition) is 6. The molecule has 0 bridgehead atoms. The van der Waals surface area contributed by atoms with Crippen LogP contribution in [0.2, 0.25) is 0 Å². The van der Waals surface area contributed by atoms with Crippen LogP contribution >= 0.6 is 0 Å². The van der Waals surface area contributed by atoms with E-state index in [9.17, 15) is 14.3 Å². The van der Waals surface area contributed by atoms with Crippen LogP contribution in [0.4, 0.5) is 10.1 Å². The van der Waals surface area contributed by atoms with Crippen molar-refractivity contribution in [3.05, 3.63) is 89.6 Å². The Labute approximate surface area is 260 Å². The van der Waals surface area contributed by atoms with Crippen LogP contribution in [-0.4, -0.2) is 47.6 Å². The van der Waals surface area contributed by atoms with E-state index in [0.29, 0.717) is 41.9 Å². The van der Waals surface area contributed by atoms with Crippen LogP contribution in [0.15, 0.2) is 84.0 Å². The zero-order valence-corrected chi connectivity index (χ0v) is 27.9. The highest BCUT2D eigenvalue weighted by molar-refractivity contribution is 5.77. The first kappa shape index (κ1) is 39.6. The number of benzene rings is 1. The van der Waals surface area contributed by atoms with Gasteiger partial charge in [0.25, 0.3) is 0 Å². The van der Waals surface area contributed by atoms with Crippen molar-refractivity contribution in [2.45, 2.75) is 92.8 Å². The fourth-order valence-electron chi connectivity index (χ4n) is 4.29. The zero-order chi connectivity index (χ0) is 33.0. The van der Waals surface area contributed by atoms with E-state index < -0.39 is 12.1 Å². The SMILES string of the molecule is C=C(F)/C=C\C(=C)/C(=C/C(NC(O)c1ccc(NCC(C)(C)N2CCCCC2=O)cc1)=C(\C)N)CC.CC.CCNCC. The Balaban J connectivity index is 0.00000227. The molecular weight excluding hydrogens is 541 g/mol. The largest absolute Gasteiger partial charge is 0.401 e. The molecule has 7 nitrogen and oxygen atoms in total. The van der Waals surface area contributed by atoms with Crippen molar-refractivity contribution >= 4 is 11.6 Å². The van der Waals surface area contributed by atoms with Gasteiger partial charge in [0.15, 0.2) is 6.23 Å². The van der Waals surface area contributed by atoms with Gasteiger partial charge in [0, 0.05) is 36.5 Å². The third-order valence-corrected chi connectivity index (χ3v) is 6.80. The molecule has 1 aliphatic rings. The first-order valence-corrected chi connectivity index (χ1v) is 15.5. The van der Waals surface area contributed by atoms with Crippen LogP contribution in [0.1, 0.15) is 92.9 Å². The summed E-state index contributed by atoms with van der Waals surface area (Å²) < 4.78 is 13.0. The van der Waals surface area contributed by atoms with Crippen molar-refractivity contribution in [3.63, 3.8) is 0 Å². The third-order valence-electron chi connectivity index (χ3n) is 6.80. The number of rotatable bonds is 14. The average Bonchev–Trinajstić information content (AvgIpc) is 2.99. The van der Waals surface area contributed by atoms with Crippen molar-refractivity contribution in [1.82, 2.24) is 15.5 Å². The second-order valence-corrected chi connectivity index (χ2v) is 10.7. The Morgan fingerprint density at radius 1 is 1.12 bits per heavy atom. The highest BCUT2D eigenvalue weighted by Crippen LogP contribution is 2.24. The molecule has 0 radical (unpaired) electrons. The lowest BCUT2D eigenvalue weighted by molar-refractivity contribution is -0.138. The van der Waals surface area contributed by atoms with Gasteiger partial charge in [-0.2, -0.15) is 0 Å². The lowest BCUT2D eigenvalue weighted by Gasteiger charge is -2.41. The second kappa shape index (κ2) is 21.3. The molecule has 6 N–H and O–H groups in total. The first-order chi connectivity index (χ1) is 20.4. The Morgan fingerprint density at radius 2 is 1.72 bits per heavy atom. The van der Waals surface area contributed by atoms with Crippen LogP contribution < -0.4 is 21.7 Å². The molecule has 1 saturated heterocycles. The molecule has 1 amide bonds. The number of nitrogens with zero attached hydrogens (tertiary/aromatic N) is 1. The number of anilines is 1. The molecule has 1 aromatic rings. The summed E-state index contributed by atoms with van der Waals surface area (Å²) in [6, 6.07) is 7.47. The van der Waals surface area contributed by atoms with Crippen molar-refractivity contribution in [1.29, 1.82) is 0 Å². The molecule has 1 fully saturated rings. The molecule has 1 aromatic carbocycles. The first-order valence-electron chi connectivity index (χ1n) is 15.5. The van der Waals surface area contributed by atoms with Gasteiger partial charge in [0.2, 0.25) is 5.91 Å². The molecule has 1 unspecified atom stereocenters. The Kier molecular flexibility index (Phi) is 19.7. The number of likely N-dealkylation sites (tertiary alicyclic amines) is 1. The molecule has 0 spiro atoms. The van der Waals surface area contributed by atoms with E-state index in [0.717, 1.165) is 43.7 Å². The van der Waals surface area contributed by atoms with Crippen molar-refractivity contribution in [2.75, 3.05) is 31.5 Å². The zero-order valence-electron chi connectivity index (χ0n) is 27.9. The molecule has 1 aliphatic heterocycles. The van der Waals surface area contributed by atoms with Gasteiger partial charge in [0.05, 0.1) is 11.2 Å². The summed E-state index contributed by atoms with van der Waals surface area (Å²) >= 11 is 0. The monoisotopic (exact) mass is 599 g/mol. The van der Waals surface area contributed by atoms with Crippen LogP contribution in [0, 0.1) is 0 Å². The summed E-state index contributed by atoms with van der Waals surface area (Å²) in [7, 11) is 0. The minimum atomic E-state index is -0.987. The number of hydrogen-bond donors (Lipinski definition) is 5. The molecule has 242 valence electrons. The summed E-state index contributed by atoms with van der Waals surface area (Å²) in [5.74, 6) is -0.336. The molecule has 2 rings (SSSR count). The van der Waals surface area contributed by atoms with E-state index in [4.69, 9.17) is 5.73 Å². The van der Waals surface area contributed by atoms with Gasteiger partial charge in [-0.1, -0.05) is 66.0 Å². The molecule has 8 heteroatoms. The van der Waals surface area contributed by atoms with Crippen molar-refractivity contribution < 1.29 is 14.3 Å². The predicted octanol–water partition coefficient (Wildman–Crippen LogP) is 7.23. The van der Waals surface area contributed by atoms with Crippen LogP contribution in [0.3, 0.4) is 0 Å². The van der Waals surface area contributed by atoms with E-state index in [1.54, 1.807) is 13.0 Å². The molecular formula is C35H58FN5O2. The van der Waals surface area contributed by atoms with Crippen LogP contribution in [-0.2, 0) is 4.79 Å². The predicted molar refractivity (Wildman–Crippen MR) is 182 cm³/mol. The van der Waals surface area contributed by atoms with E-state index in [-0.39, 0.29) is 11.4 Å². The fourth-order valence-corrected chi connectivity index (χ4v) is 4.29. The second-order valence-electron chi connectivity index (χ2n) is 10.7. The van der Waals surface area contributed by atoms with E-state index >= 15 is 0 Å². The van der Waals surface area contributed by atoms with E-state index in [1.165, 1.54) is 6.08 Å². The molecule has 0 aromatic heterocycles. The van der Waals surface area contributed by atoms with Gasteiger partial charge in [-0.05, 0) is 88.6 Å². The molecule has 0 saturated carbocycles. The van der Waals surface area contributed by atoms with Crippen molar-refractivity contribution in [2.24, 2.45) is 5.73 Å². The molecule has 1 atom stereocenters. The van der Waals surface area contributed by atoms with Gasteiger partial charge < -0.3 is 31.7 Å². The van der Waals surface area contributed by atoms with Gasteiger partial charge in [-0.25, -0.2) is 4.39 Å². The number of piperidine rings is 1. The lowest BCUT2D eigenvalue weighted by Crippen LogP contribution is -2.53. The van der Waals surface area contributed by atoms with Gasteiger partial charge in [0.1, 0.15) is 5.83 Å². The van der Waals surface area contributed by atoms with Gasteiger partial charge >= 0.3 is 0 Å². The van der Waals surface area contributed by atoms with Crippen LogP contribution in [0.25, 0.3) is 0 Å². The van der Waals surface area contributed by atoms with E-state index in [2.05, 4.69) is 56.8 Å². The fraction of sp³-hybridized carbons (Fsp3) is 0.514.